The summed E-state index contributed by atoms with van der Waals surface area (Å²) in [4.78, 5) is 35.8. The van der Waals surface area contributed by atoms with E-state index in [4.69, 9.17) is 9.72 Å². The molecule has 5 aromatic rings. The molecule has 42 heavy (non-hydrogen) atoms. The number of hydrazone groups is 1. The number of rotatable bonds is 7. The Morgan fingerprint density at radius 3 is 2.50 bits per heavy atom. The molecule has 0 unspecified atom stereocenters. The number of hydrogen-bond donors (Lipinski definition) is 1. The SMILES string of the molecule is O=C(N/N=C\c1sc(N2CCOCC2)nc1-c1ccccc1)c1ccc(CN2C(=O)c3cccc4cccc2c34)cc1. The summed E-state index contributed by atoms with van der Waals surface area (Å²) < 4.78 is 5.49. The molecule has 4 aromatic carbocycles. The number of ether oxygens (including phenoxy) is 1. The van der Waals surface area contributed by atoms with Gasteiger partial charge in [-0.2, -0.15) is 5.10 Å². The molecule has 3 heterocycles. The van der Waals surface area contributed by atoms with E-state index < -0.39 is 0 Å². The number of nitrogens with zero attached hydrogens (tertiary/aromatic N) is 4. The largest absolute Gasteiger partial charge is 0.378 e. The van der Waals surface area contributed by atoms with Gasteiger partial charge in [0.2, 0.25) is 0 Å². The number of thiazole rings is 1. The molecule has 1 saturated heterocycles. The van der Waals surface area contributed by atoms with Crippen molar-refractivity contribution < 1.29 is 14.3 Å². The molecule has 8 nitrogen and oxygen atoms in total. The molecule has 1 N–H and O–H groups in total. The van der Waals surface area contributed by atoms with Gasteiger partial charge in [-0.05, 0) is 35.2 Å². The van der Waals surface area contributed by atoms with E-state index in [-0.39, 0.29) is 11.8 Å². The van der Waals surface area contributed by atoms with Crippen LogP contribution in [0.4, 0.5) is 10.8 Å². The average molecular weight is 574 g/mol. The van der Waals surface area contributed by atoms with Crippen LogP contribution in [0.2, 0.25) is 0 Å². The fourth-order valence-corrected chi connectivity index (χ4v) is 6.41. The van der Waals surface area contributed by atoms with Gasteiger partial charge in [0.15, 0.2) is 5.13 Å². The summed E-state index contributed by atoms with van der Waals surface area (Å²) in [6.07, 6.45) is 1.66. The maximum atomic E-state index is 13.1. The lowest BCUT2D eigenvalue weighted by atomic mass is 10.1. The van der Waals surface area contributed by atoms with Crippen molar-refractivity contribution in [1.29, 1.82) is 0 Å². The molecule has 2 amide bonds. The molecule has 0 atom stereocenters. The molecule has 2 aliphatic heterocycles. The van der Waals surface area contributed by atoms with Crippen LogP contribution in [0.1, 0.15) is 31.2 Å². The first-order valence-corrected chi connectivity index (χ1v) is 14.6. The van der Waals surface area contributed by atoms with Crippen LogP contribution in [-0.2, 0) is 11.3 Å². The minimum atomic E-state index is -0.314. The topological polar surface area (TPSA) is 87.1 Å². The minimum Gasteiger partial charge on any atom is -0.378 e. The Hall–Kier alpha value is -4.86. The second-order valence-corrected chi connectivity index (χ2v) is 11.2. The van der Waals surface area contributed by atoms with Crippen LogP contribution in [0.5, 0.6) is 0 Å². The normalized spacial score (nSPS) is 14.7. The molecule has 9 heteroatoms. The number of benzene rings is 4. The third kappa shape index (κ3) is 4.93. The summed E-state index contributed by atoms with van der Waals surface area (Å²) in [6.45, 7) is 3.36. The van der Waals surface area contributed by atoms with E-state index in [9.17, 15) is 9.59 Å². The standard InChI is InChI=1S/C33H27N5O3S/c39-31(36-34-20-28-30(24-6-2-1-3-7-24)35-33(42-28)37-16-18-41-19-17-37)25-14-12-22(13-15-25)21-38-27-11-5-9-23-8-4-10-26(29(23)27)32(38)40/h1-15,20H,16-19,21H2,(H,36,39)/b34-20-. The van der Waals surface area contributed by atoms with Crippen molar-refractivity contribution in [2.75, 3.05) is 36.1 Å². The van der Waals surface area contributed by atoms with Gasteiger partial charge in [0.1, 0.15) is 0 Å². The van der Waals surface area contributed by atoms with Gasteiger partial charge in [0.05, 0.1) is 42.2 Å². The van der Waals surface area contributed by atoms with Crippen molar-refractivity contribution in [3.63, 3.8) is 0 Å². The number of hydrogen-bond acceptors (Lipinski definition) is 7. The molecule has 0 spiro atoms. The number of aromatic nitrogens is 1. The summed E-state index contributed by atoms with van der Waals surface area (Å²) in [7, 11) is 0. The van der Waals surface area contributed by atoms with Crippen molar-refractivity contribution in [2.24, 2.45) is 5.10 Å². The summed E-state index contributed by atoms with van der Waals surface area (Å²) in [6, 6.07) is 29.0. The first-order valence-electron chi connectivity index (χ1n) is 13.8. The first kappa shape index (κ1) is 26.1. The lowest BCUT2D eigenvalue weighted by Gasteiger charge is -2.26. The predicted octanol–water partition coefficient (Wildman–Crippen LogP) is 5.72. The van der Waals surface area contributed by atoms with Crippen LogP contribution in [-0.4, -0.2) is 49.3 Å². The van der Waals surface area contributed by atoms with Crippen LogP contribution < -0.4 is 15.2 Å². The smallest absolute Gasteiger partial charge is 0.271 e. The predicted molar refractivity (Wildman–Crippen MR) is 167 cm³/mol. The zero-order valence-electron chi connectivity index (χ0n) is 22.7. The molecule has 2 aliphatic rings. The number of morpholine rings is 1. The highest BCUT2D eigenvalue weighted by Crippen LogP contribution is 2.38. The molecule has 0 saturated carbocycles. The van der Waals surface area contributed by atoms with Gasteiger partial charge in [-0.3, -0.25) is 9.59 Å². The Labute approximate surface area is 246 Å². The second kappa shape index (κ2) is 11.2. The van der Waals surface area contributed by atoms with Gasteiger partial charge in [-0.15, -0.1) is 0 Å². The van der Waals surface area contributed by atoms with Crippen LogP contribution in [0.25, 0.3) is 22.0 Å². The second-order valence-electron chi connectivity index (χ2n) is 10.1. The summed E-state index contributed by atoms with van der Waals surface area (Å²) in [5.74, 6) is -0.320. The molecule has 0 radical (unpaired) electrons. The zero-order chi connectivity index (χ0) is 28.5. The van der Waals surface area contributed by atoms with E-state index in [1.165, 1.54) is 0 Å². The van der Waals surface area contributed by atoms with Crippen LogP contribution in [0, 0.1) is 0 Å². The fraction of sp³-hybridized carbons (Fsp3) is 0.152. The monoisotopic (exact) mass is 573 g/mol. The highest BCUT2D eigenvalue weighted by Gasteiger charge is 2.29. The first-order chi connectivity index (χ1) is 20.7. The molecule has 0 aliphatic carbocycles. The van der Waals surface area contributed by atoms with Gasteiger partial charge in [0, 0.05) is 35.2 Å². The molecule has 0 bridgehead atoms. The molecule has 7 rings (SSSR count). The number of amides is 2. The van der Waals surface area contributed by atoms with Gasteiger partial charge >= 0.3 is 0 Å². The van der Waals surface area contributed by atoms with E-state index in [0.717, 1.165) is 61.9 Å². The highest BCUT2D eigenvalue weighted by molar-refractivity contribution is 7.17. The molecule has 208 valence electrons. The van der Waals surface area contributed by atoms with Gasteiger partial charge in [-0.1, -0.05) is 78.1 Å². The Morgan fingerprint density at radius 1 is 0.952 bits per heavy atom. The Balaban J connectivity index is 1.05. The van der Waals surface area contributed by atoms with Crippen molar-refractivity contribution in [3.05, 3.63) is 113 Å². The van der Waals surface area contributed by atoms with Crippen LogP contribution in [0.3, 0.4) is 0 Å². The Morgan fingerprint density at radius 2 is 1.71 bits per heavy atom. The molecule has 1 fully saturated rings. The maximum Gasteiger partial charge on any atom is 0.271 e. The lowest BCUT2D eigenvalue weighted by molar-refractivity contribution is 0.0953. The van der Waals surface area contributed by atoms with E-state index in [1.807, 2.05) is 78.9 Å². The third-order valence-electron chi connectivity index (χ3n) is 7.52. The third-order valence-corrected chi connectivity index (χ3v) is 8.58. The van der Waals surface area contributed by atoms with E-state index >= 15 is 0 Å². The van der Waals surface area contributed by atoms with Crippen molar-refractivity contribution >= 4 is 51.0 Å². The summed E-state index contributed by atoms with van der Waals surface area (Å²) >= 11 is 1.55. The van der Waals surface area contributed by atoms with Crippen LogP contribution >= 0.6 is 11.3 Å². The minimum absolute atomic E-state index is 0.00678. The van der Waals surface area contributed by atoms with Crippen molar-refractivity contribution in [2.45, 2.75) is 6.54 Å². The number of anilines is 2. The van der Waals surface area contributed by atoms with E-state index in [0.29, 0.717) is 25.3 Å². The van der Waals surface area contributed by atoms with Gasteiger partial charge in [-0.25, -0.2) is 10.4 Å². The summed E-state index contributed by atoms with van der Waals surface area (Å²) in [5, 5.41) is 7.23. The zero-order valence-corrected chi connectivity index (χ0v) is 23.5. The fourth-order valence-electron chi connectivity index (χ4n) is 5.39. The number of nitrogens with one attached hydrogen (secondary N) is 1. The number of carbonyl (C=O) groups is 2. The van der Waals surface area contributed by atoms with Gasteiger partial charge < -0.3 is 14.5 Å². The summed E-state index contributed by atoms with van der Waals surface area (Å²) in [5.41, 5.74) is 7.53. The molecular formula is C33H27N5O3S. The van der Waals surface area contributed by atoms with Crippen molar-refractivity contribution in [3.8, 4) is 11.3 Å². The number of carbonyl (C=O) groups excluding carboxylic acids is 2. The highest BCUT2D eigenvalue weighted by atomic mass is 32.1. The Bertz CT molecular complexity index is 1810. The van der Waals surface area contributed by atoms with Gasteiger partial charge in [0.25, 0.3) is 11.8 Å². The average Bonchev–Trinajstić information content (AvgIpc) is 3.59. The van der Waals surface area contributed by atoms with Crippen molar-refractivity contribution in [1.82, 2.24) is 10.4 Å². The van der Waals surface area contributed by atoms with E-state index in [2.05, 4.69) is 15.4 Å². The molecule has 1 aromatic heterocycles. The van der Waals surface area contributed by atoms with E-state index in [1.54, 1.807) is 34.6 Å². The van der Waals surface area contributed by atoms with Crippen LogP contribution in [0.15, 0.2) is 96.1 Å². The quantitative estimate of drug-likeness (QED) is 0.199. The molecular weight excluding hydrogens is 546 g/mol. The maximum absolute atomic E-state index is 13.1. The Kier molecular flexibility index (Phi) is 6.95. The lowest BCUT2D eigenvalue weighted by Crippen LogP contribution is -2.36.